The molecule has 0 aromatic carbocycles. The molecule has 1 rings (SSSR count). The SMILES string of the molecule is CCC(C)(C)Nc1cc(NC)nc(C(C)(C)C)n1. The summed E-state index contributed by atoms with van der Waals surface area (Å²) in [5, 5.41) is 6.56. The summed E-state index contributed by atoms with van der Waals surface area (Å²) < 4.78 is 0. The Labute approximate surface area is 111 Å². The molecule has 0 bridgehead atoms. The van der Waals surface area contributed by atoms with Crippen LogP contribution < -0.4 is 10.6 Å². The normalized spacial score (nSPS) is 12.4. The maximum atomic E-state index is 4.62. The van der Waals surface area contributed by atoms with Crippen LogP contribution in [0, 0.1) is 0 Å². The van der Waals surface area contributed by atoms with Crippen LogP contribution in [0.5, 0.6) is 0 Å². The lowest BCUT2D eigenvalue weighted by molar-refractivity contribution is 0.530. The Balaban J connectivity index is 3.13. The van der Waals surface area contributed by atoms with Crippen LogP contribution >= 0.6 is 0 Å². The first-order valence-corrected chi connectivity index (χ1v) is 6.53. The Kier molecular flexibility index (Phi) is 4.20. The monoisotopic (exact) mass is 250 g/mol. The van der Waals surface area contributed by atoms with Crippen molar-refractivity contribution in [2.45, 2.75) is 58.9 Å². The molecule has 0 aliphatic rings. The lowest BCUT2D eigenvalue weighted by atomic mass is 9.95. The molecule has 0 fully saturated rings. The van der Waals surface area contributed by atoms with Crippen molar-refractivity contribution in [2.75, 3.05) is 17.7 Å². The Morgan fingerprint density at radius 3 is 2.06 bits per heavy atom. The summed E-state index contributed by atoms with van der Waals surface area (Å²) in [6, 6.07) is 1.95. The maximum absolute atomic E-state index is 4.62. The van der Waals surface area contributed by atoms with E-state index >= 15 is 0 Å². The highest BCUT2D eigenvalue weighted by molar-refractivity contribution is 5.49. The Morgan fingerprint density at radius 2 is 1.61 bits per heavy atom. The fourth-order valence-corrected chi connectivity index (χ4v) is 1.41. The fourth-order valence-electron chi connectivity index (χ4n) is 1.41. The van der Waals surface area contributed by atoms with Gasteiger partial charge in [0.25, 0.3) is 0 Å². The zero-order chi connectivity index (χ0) is 14.0. The van der Waals surface area contributed by atoms with E-state index in [1.54, 1.807) is 0 Å². The molecule has 1 aromatic rings. The van der Waals surface area contributed by atoms with Gasteiger partial charge in [0.05, 0.1) is 0 Å². The minimum absolute atomic E-state index is 0.0362. The second-order valence-corrected chi connectivity index (χ2v) is 6.32. The van der Waals surface area contributed by atoms with Crippen LogP contribution in [0.1, 0.15) is 53.8 Å². The van der Waals surface area contributed by atoms with Crippen molar-refractivity contribution in [1.82, 2.24) is 9.97 Å². The number of nitrogens with zero attached hydrogens (tertiary/aromatic N) is 2. The van der Waals surface area contributed by atoms with Crippen molar-refractivity contribution in [2.24, 2.45) is 0 Å². The molecule has 0 spiro atoms. The van der Waals surface area contributed by atoms with Crippen molar-refractivity contribution >= 4 is 11.6 Å². The topological polar surface area (TPSA) is 49.8 Å². The summed E-state index contributed by atoms with van der Waals surface area (Å²) in [5.74, 6) is 2.58. The zero-order valence-corrected chi connectivity index (χ0v) is 12.7. The van der Waals surface area contributed by atoms with Crippen LogP contribution in [0.25, 0.3) is 0 Å². The quantitative estimate of drug-likeness (QED) is 0.859. The summed E-state index contributed by atoms with van der Waals surface area (Å²) in [4.78, 5) is 9.14. The van der Waals surface area contributed by atoms with Gasteiger partial charge in [-0.05, 0) is 20.3 Å². The van der Waals surface area contributed by atoms with E-state index in [0.29, 0.717) is 0 Å². The number of hydrogen-bond donors (Lipinski definition) is 2. The molecule has 0 saturated carbocycles. The van der Waals surface area contributed by atoms with E-state index in [-0.39, 0.29) is 11.0 Å². The minimum atomic E-state index is -0.0559. The third-order valence-corrected chi connectivity index (χ3v) is 3.00. The van der Waals surface area contributed by atoms with Crippen molar-refractivity contribution in [3.8, 4) is 0 Å². The predicted octanol–water partition coefficient (Wildman–Crippen LogP) is 3.42. The van der Waals surface area contributed by atoms with Crippen LogP contribution in [0.2, 0.25) is 0 Å². The van der Waals surface area contributed by atoms with Gasteiger partial charge in [0.15, 0.2) is 0 Å². The average molecular weight is 250 g/mol. The van der Waals surface area contributed by atoms with Gasteiger partial charge in [-0.15, -0.1) is 0 Å². The lowest BCUT2D eigenvalue weighted by Gasteiger charge is -2.26. The van der Waals surface area contributed by atoms with E-state index in [2.05, 4.69) is 62.1 Å². The van der Waals surface area contributed by atoms with Gasteiger partial charge in [-0.25, -0.2) is 9.97 Å². The highest BCUT2D eigenvalue weighted by atomic mass is 15.1. The molecule has 0 saturated heterocycles. The molecule has 4 nitrogen and oxygen atoms in total. The third-order valence-electron chi connectivity index (χ3n) is 3.00. The van der Waals surface area contributed by atoms with Gasteiger partial charge in [-0.3, -0.25) is 0 Å². The van der Waals surface area contributed by atoms with Crippen molar-refractivity contribution in [3.05, 3.63) is 11.9 Å². The first kappa shape index (κ1) is 14.7. The smallest absolute Gasteiger partial charge is 0.138 e. The highest BCUT2D eigenvalue weighted by Gasteiger charge is 2.21. The molecule has 102 valence electrons. The number of anilines is 2. The van der Waals surface area contributed by atoms with Crippen LogP contribution in [0.3, 0.4) is 0 Å². The van der Waals surface area contributed by atoms with Gasteiger partial charge in [0.1, 0.15) is 17.5 Å². The van der Waals surface area contributed by atoms with Crippen molar-refractivity contribution in [1.29, 1.82) is 0 Å². The van der Waals surface area contributed by atoms with E-state index in [1.807, 2.05) is 13.1 Å². The molecule has 0 aliphatic heterocycles. The summed E-state index contributed by atoms with van der Waals surface area (Å²) in [6.07, 6.45) is 1.04. The molecule has 2 N–H and O–H groups in total. The highest BCUT2D eigenvalue weighted by Crippen LogP contribution is 2.24. The standard InChI is InChI=1S/C14H26N4/c1-8-14(5,6)18-11-9-10(15-7)16-12(17-11)13(2,3)4/h9H,8H2,1-7H3,(H2,15,16,17,18). The maximum Gasteiger partial charge on any atom is 0.138 e. The molecule has 18 heavy (non-hydrogen) atoms. The Morgan fingerprint density at radius 1 is 1.06 bits per heavy atom. The van der Waals surface area contributed by atoms with Gasteiger partial charge >= 0.3 is 0 Å². The van der Waals surface area contributed by atoms with Crippen LogP contribution in [0.4, 0.5) is 11.6 Å². The van der Waals surface area contributed by atoms with Gasteiger partial charge in [-0.2, -0.15) is 0 Å². The number of aromatic nitrogens is 2. The first-order valence-electron chi connectivity index (χ1n) is 6.53. The van der Waals surface area contributed by atoms with Crippen molar-refractivity contribution < 1.29 is 0 Å². The van der Waals surface area contributed by atoms with Crippen LogP contribution in [-0.2, 0) is 5.41 Å². The largest absolute Gasteiger partial charge is 0.373 e. The summed E-state index contributed by atoms with van der Waals surface area (Å²) >= 11 is 0. The minimum Gasteiger partial charge on any atom is -0.373 e. The Bertz CT molecular complexity index is 405. The van der Waals surface area contributed by atoms with Gasteiger partial charge in [0, 0.05) is 24.1 Å². The summed E-state index contributed by atoms with van der Waals surface area (Å²) in [6.45, 7) is 12.9. The molecular weight excluding hydrogens is 224 g/mol. The second-order valence-electron chi connectivity index (χ2n) is 6.32. The second kappa shape index (κ2) is 5.12. The van der Waals surface area contributed by atoms with E-state index in [1.165, 1.54) is 0 Å². The Hall–Kier alpha value is -1.32. The molecule has 0 atom stereocenters. The van der Waals surface area contributed by atoms with Gasteiger partial charge in [-0.1, -0.05) is 27.7 Å². The van der Waals surface area contributed by atoms with Crippen molar-refractivity contribution in [3.63, 3.8) is 0 Å². The molecule has 0 aliphatic carbocycles. The van der Waals surface area contributed by atoms with E-state index in [0.717, 1.165) is 23.9 Å². The van der Waals surface area contributed by atoms with Gasteiger partial charge < -0.3 is 10.6 Å². The summed E-state index contributed by atoms with van der Waals surface area (Å²) in [7, 11) is 1.88. The molecular formula is C14H26N4. The average Bonchev–Trinajstić information content (AvgIpc) is 2.27. The van der Waals surface area contributed by atoms with E-state index < -0.39 is 0 Å². The van der Waals surface area contributed by atoms with Gasteiger partial charge in [0.2, 0.25) is 0 Å². The lowest BCUT2D eigenvalue weighted by Crippen LogP contribution is -2.31. The zero-order valence-electron chi connectivity index (χ0n) is 12.7. The van der Waals surface area contributed by atoms with E-state index in [9.17, 15) is 0 Å². The molecule has 1 aromatic heterocycles. The number of rotatable bonds is 4. The molecule has 0 radical (unpaired) electrons. The predicted molar refractivity (Wildman–Crippen MR) is 78.3 cm³/mol. The van der Waals surface area contributed by atoms with E-state index in [4.69, 9.17) is 0 Å². The molecule has 1 heterocycles. The molecule has 4 heteroatoms. The summed E-state index contributed by atoms with van der Waals surface area (Å²) in [5.41, 5.74) is -0.0197. The number of hydrogen-bond acceptors (Lipinski definition) is 4. The first-order chi connectivity index (χ1) is 8.18. The fraction of sp³-hybridized carbons (Fsp3) is 0.714. The van der Waals surface area contributed by atoms with Crippen LogP contribution in [0.15, 0.2) is 6.07 Å². The third kappa shape index (κ3) is 3.86. The molecule has 0 amide bonds. The number of nitrogens with one attached hydrogen (secondary N) is 2. The van der Waals surface area contributed by atoms with Crippen LogP contribution in [-0.4, -0.2) is 22.6 Å². The molecule has 0 unspecified atom stereocenters.